The summed E-state index contributed by atoms with van der Waals surface area (Å²) in [5, 5.41) is 6.61. The van der Waals surface area contributed by atoms with Gasteiger partial charge in [0, 0.05) is 13.5 Å². The lowest BCUT2D eigenvalue weighted by molar-refractivity contribution is 0.0512. The van der Waals surface area contributed by atoms with Crippen LogP contribution in [0.25, 0.3) is 0 Å². The molecule has 0 spiro atoms. The molecule has 20 heavy (non-hydrogen) atoms. The standard InChI is InChI=1S/C14H17N3O3/c1-3-20-14(18)13-15-12(16-17-13)8-10-5-4-6-11(7-10)9-19-2/h4-7H,3,8-9H2,1-2H3,(H,15,16,17). The predicted octanol–water partition coefficient (Wildman–Crippen LogP) is 1.72. The fourth-order valence-corrected chi connectivity index (χ4v) is 1.85. The van der Waals surface area contributed by atoms with Crippen LogP contribution in [-0.2, 0) is 22.5 Å². The molecule has 1 N–H and O–H groups in total. The number of methoxy groups -OCH3 is 1. The second-order valence-corrected chi connectivity index (χ2v) is 4.26. The summed E-state index contributed by atoms with van der Waals surface area (Å²) in [4.78, 5) is 15.6. The van der Waals surface area contributed by atoms with Crippen LogP contribution in [0.1, 0.15) is 34.5 Å². The Labute approximate surface area is 117 Å². The molecule has 0 bridgehead atoms. The summed E-state index contributed by atoms with van der Waals surface area (Å²) in [5.41, 5.74) is 2.17. The lowest BCUT2D eigenvalue weighted by Crippen LogP contribution is -2.06. The summed E-state index contributed by atoms with van der Waals surface area (Å²) in [6.07, 6.45) is 0.573. The zero-order chi connectivity index (χ0) is 14.4. The number of hydrogen-bond donors (Lipinski definition) is 1. The van der Waals surface area contributed by atoms with Crippen molar-refractivity contribution in [2.75, 3.05) is 13.7 Å². The first-order chi connectivity index (χ1) is 9.72. The van der Waals surface area contributed by atoms with Gasteiger partial charge in [0.05, 0.1) is 13.2 Å². The molecule has 0 aliphatic rings. The number of nitrogens with one attached hydrogen (secondary N) is 1. The lowest BCUT2D eigenvalue weighted by Gasteiger charge is -2.02. The Morgan fingerprint density at radius 1 is 1.35 bits per heavy atom. The first-order valence-electron chi connectivity index (χ1n) is 6.38. The van der Waals surface area contributed by atoms with Crippen LogP contribution in [0, 0.1) is 0 Å². The largest absolute Gasteiger partial charge is 0.460 e. The fraction of sp³-hybridized carbons (Fsp3) is 0.357. The van der Waals surface area contributed by atoms with Crippen molar-refractivity contribution in [3.8, 4) is 0 Å². The van der Waals surface area contributed by atoms with E-state index in [2.05, 4.69) is 15.2 Å². The average Bonchev–Trinajstić information content (AvgIpc) is 2.88. The number of aromatic amines is 1. The third kappa shape index (κ3) is 3.64. The van der Waals surface area contributed by atoms with Crippen molar-refractivity contribution in [2.45, 2.75) is 20.0 Å². The van der Waals surface area contributed by atoms with Crippen molar-refractivity contribution in [3.63, 3.8) is 0 Å². The van der Waals surface area contributed by atoms with Crippen molar-refractivity contribution in [1.29, 1.82) is 0 Å². The minimum absolute atomic E-state index is 0.0647. The molecule has 0 radical (unpaired) electrons. The first-order valence-corrected chi connectivity index (χ1v) is 6.38. The molecular formula is C14H17N3O3. The molecule has 2 rings (SSSR count). The molecule has 1 aromatic heterocycles. The van der Waals surface area contributed by atoms with Crippen LogP contribution in [0.2, 0.25) is 0 Å². The number of ether oxygens (including phenoxy) is 2. The number of H-pyrrole nitrogens is 1. The predicted molar refractivity (Wildman–Crippen MR) is 72.3 cm³/mol. The van der Waals surface area contributed by atoms with Crippen LogP contribution in [0.5, 0.6) is 0 Å². The Hall–Kier alpha value is -2.21. The number of rotatable bonds is 6. The van der Waals surface area contributed by atoms with Crippen LogP contribution in [-0.4, -0.2) is 34.9 Å². The highest BCUT2D eigenvalue weighted by molar-refractivity contribution is 5.84. The monoisotopic (exact) mass is 275 g/mol. The van der Waals surface area contributed by atoms with Gasteiger partial charge in [0.25, 0.3) is 5.82 Å². The zero-order valence-electron chi connectivity index (χ0n) is 11.5. The minimum atomic E-state index is -0.511. The molecule has 6 nitrogen and oxygen atoms in total. The van der Waals surface area contributed by atoms with E-state index in [9.17, 15) is 4.79 Å². The van der Waals surface area contributed by atoms with Crippen LogP contribution in [0.15, 0.2) is 24.3 Å². The van der Waals surface area contributed by atoms with Gasteiger partial charge in [0.1, 0.15) is 5.82 Å². The summed E-state index contributed by atoms with van der Waals surface area (Å²) in [7, 11) is 1.66. The molecule has 0 unspecified atom stereocenters. The normalized spacial score (nSPS) is 10.5. The number of aromatic nitrogens is 3. The summed E-state index contributed by atoms with van der Waals surface area (Å²) in [6.45, 7) is 2.62. The number of benzene rings is 1. The van der Waals surface area contributed by atoms with Gasteiger partial charge in [0.2, 0.25) is 0 Å². The Balaban J connectivity index is 2.06. The summed E-state index contributed by atoms with van der Waals surface area (Å²) in [5.74, 6) is 0.181. The van der Waals surface area contributed by atoms with Gasteiger partial charge in [-0.2, -0.15) is 0 Å². The van der Waals surface area contributed by atoms with Gasteiger partial charge < -0.3 is 9.47 Å². The summed E-state index contributed by atoms with van der Waals surface area (Å²) in [6, 6.07) is 7.99. The van der Waals surface area contributed by atoms with Crippen molar-refractivity contribution in [2.24, 2.45) is 0 Å². The molecule has 0 saturated carbocycles. The van der Waals surface area contributed by atoms with Gasteiger partial charge in [-0.15, -0.1) is 5.10 Å². The average molecular weight is 275 g/mol. The number of carbonyl (C=O) groups excluding carboxylic acids is 1. The molecule has 0 saturated heterocycles. The molecule has 0 fully saturated rings. The molecule has 106 valence electrons. The third-order valence-corrected chi connectivity index (χ3v) is 2.66. The van der Waals surface area contributed by atoms with Crippen molar-refractivity contribution >= 4 is 5.97 Å². The number of esters is 1. The molecule has 0 atom stereocenters. The Kier molecular flexibility index (Phi) is 4.84. The highest BCUT2D eigenvalue weighted by atomic mass is 16.5. The number of carbonyl (C=O) groups is 1. The maximum absolute atomic E-state index is 11.5. The molecule has 1 heterocycles. The summed E-state index contributed by atoms with van der Waals surface area (Å²) < 4.78 is 9.94. The van der Waals surface area contributed by atoms with E-state index in [1.54, 1.807) is 14.0 Å². The van der Waals surface area contributed by atoms with Crippen LogP contribution < -0.4 is 0 Å². The molecular weight excluding hydrogens is 258 g/mol. The molecule has 0 aliphatic heterocycles. The molecule has 1 aromatic carbocycles. The molecule has 2 aromatic rings. The topological polar surface area (TPSA) is 77.1 Å². The van der Waals surface area contributed by atoms with E-state index < -0.39 is 5.97 Å². The van der Waals surface area contributed by atoms with Crippen LogP contribution >= 0.6 is 0 Å². The number of hydrogen-bond acceptors (Lipinski definition) is 5. The van der Waals surface area contributed by atoms with Gasteiger partial charge in [-0.3, -0.25) is 5.10 Å². The first kappa shape index (κ1) is 14.2. The molecule has 0 aliphatic carbocycles. The zero-order valence-corrected chi connectivity index (χ0v) is 11.5. The second kappa shape index (κ2) is 6.81. The molecule has 6 heteroatoms. The van der Waals surface area contributed by atoms with Gasteiger partial charge in [-0.25, -0.2) is 9.78 Å². The Morgan fingerprint density at radius 2 is 2.15 bits per heavy atom. The summed E-state index contributed by atoms with van der Waals surface area (Å²) >= 11 is 0. The van der Waals surface area contributed by atoms with E-state index in [-0.39, 0.29) is 5.82 Å². The van der Waals surface area contributed by atoms with Crippen LogP contribution in [0.4, 0.5) is 0 Å². The van der Waals surface area contributed by atoms with E-state index >= 15 is 0 Å². The quantitative estimate of drug-likeness (QED) is 0.812. The fourth-order valence-electron chi connectivity index (χ4n) is 1.85. The molecule has 0 amide bonds. The smallest absolute Gasteiger partial charge is 0.378 e. The van der Waals surface area contributed by atoms with E-state index in [0.717, 1.165) is 11.1 Å². The van der Waals surface area contributed by atoms with E-state index in [4.69, 9.17) is 9.47 Å². The second-order valence-electron chi connectivity index (χ2n) is 4.26. The van der Waals surface area contributed by atoms with Crippen molar-refractivity contribution < 1.29 is 14.3 Å². The number of nitrogens with zero attached hydrogens (tertiary/aromatic N) is 2. The van der Waals surface area contributed by atoms with Gasteiger partial charge in [-0.05, 0) is 18.1 Å². The van der Waals surface area contributed by atoms with Crippen molar-refractivity contribution in [3.05, 3.63) is 47.0 Å². The SMILES string of the molecule is CCOC(=O)c1n[nH]c(Cc2cccc(COC)c2)n1. The van der Waals surface area contributed by atoms with Crippen molar-refractivity contribution in [1.82, 2.24) is 15.2 Å². The van der Waals surface area contributed by atoms with Gasteiger partial charge >= 0.3 is 5.97 Å². The highest BCUT2D eigenvalue weighted by Crippen LogP contribution is 2.10. The lowest BCUT2D eigenvalue weighted by atomic mass is 10.1. The highest BCUT2D eigenvalue weighted by Gasteiger charge is 2.13. The Morgan fingerprint density at radius 3 is 2.90 bits per heavy atom. The van der Waals surface area contributed by atoms with E-state index in [1.807, 2.05) is 24.3 Å². The maximum atomic E-state index is 11.5. The Bertz CT molecular complexity index is 581. The maximum Gasteiger partial charge on any atom is 0.378 e. The van der Waals surface area contributed by atoms with E-state index in [0.29, 0.717) is 25.5 Å². The van der Waals surface area contributed by atoms with Crippen LogP contribution in [0.3, 0.4) is 0 Å². The van der Waals surface area contributed by atoms with E-state index in [1.165, 1.54) is 0 Å². The minimum Gasteiger partial charge on any atom is -0.460 e. The van der Waals surface area contributed by atoms with Gasteiger partial charge in [0.15, 0.2) is 0 Å². The third-order valence-electron chi connectivity index (χ3n) is 2.66. The van der Waals surface area contributed by atoms with Gasteiger partial charge in [-0.1, -0.05) is 24.3 Å².